The molecule has 3 N–H and O–H groups in total. The van der Waals surface area contributed by atoms with E-state index in [9.17, 15) is 12.8 Å². The SMILES string of the molecule is CNS(=O)(=O)Nc1ccc(-c2cc(C)c(-c3ccc(NC(C)C)nc3)cc2C)c(F)c1. The maximum Gasteiger partial charge on any atom is 0.298 e. The third-order valence-corrected chi connectivity index (χ3v) is 5.90. The number of rotatable bonds is 7. The van der Waals surface area contributed by atoms with Gasteiger partial charge in [-0.3, -0.25) is 4.72 Å². The van der Waals surface area contributed by atoms with Crippen molar-refractivity contribution in [2.45, 2.75) is 33.7 Å². The van der Waals surface area contributed by atoms with Crippen molar-refractivity contribution in [3.05, 3.63) is 65.6 Å². The summed E-state index contributed by atoms with van der Waals surface area (Å²) in [6, 6.07) is 12.5. The Bertz CT molecular complexity index is 1190. The molecule has 0 amide bonds. The van der Waals surface area contributed by atoms with E-state index in [-0.39, 0.29) is 5.69 Å². The van der Waals surface area contributed by atoms with E-state index in [0.717, 1.165) is 33.6 Å². The van der Waals surface area contributed by atoms with E-state index in [1.54, 1.807) is 12.1 Å². The second-order valence-electron chi connectivity index (χ2n) is 7.72. The molecule has 164 valence electrons. The summed E-state index contributed by atoms with van der Waals surface area (Å²) < 4.78 is 42.5. The Morgan fingerprint density at radius 1 is 0.935 bits per heavy atom. The van der Waals surface area contributed by atoms with Crippen molar-refractivity contribution in [1.82, 2.24) is 9.71 Å². The van der Waals surface area contributed by atoms with Gasteiger partial charge in [-0.1, -0.05) is 12.1 Å². The van der Waals surface area contributed by atoms with Crippen molar-refractivity contribution in [3.63, 3.8) is 0 Å². The minimum Gasteiger partial charge on any atom is -0.368 e. The highest BCUT2D eigenvalue weighted by Gasteiger charge is 2.14. The number of aryl methyl sites for hydroxylation is 2. The highest BCUT2D eigenvalue weighted by atomic mass is 32.2. The number of aromatic nitrogens is 1. The number of hydrogen-bond acceptors (Lipinski definition) is 4. The molecule has 0 unspecified atom stereocenters. The van der Waals surface area contributed by atoms with Gasteiger partial charge in [0, 0.05) is 30.4 Å². The molecule has 0 atom stereocenters. The van der Waals surface area contributed by atoms with E-state index < -0.39 is 16.0 Å². The van der Waals surface area contributed by atoms with E-state index in [0.29, 0.717) is 11.6 Å². The van der Waals surface area contributed by atoms with E-state index in [1.165, 1.54) is 13.1 Å². The van der Waals surface area contributed by atoms with Gasteiger partial charge >= 0.3 is 0 Å². The number of benzene rings is 2. The normalized spacial score (nSPS) is 11.6. The standard InChI is InChI=1S/C23H27FN4O2S/c1-14(2)27-23-9-6-17(13-26-23)20-10-16(4)21(11-15(20)3)19-8-7-18(12-22(19)24)28-31(29,30)25-5/h6-14,25,28H,1-5H3,(H,26,27). The predicted octanol–water partition coefficient (Wildman–Crippen LogP) is 4.87. The van der Waals surface area contributed by atoms with Gasteiger partial charge in [-0.2, -0.15) is 8.42 Å². The minimum absolute atomic E-state index is 0.155. The van der Waals surface area contributed by atoms with Crippen molar-refractivity contribution in [2.75, 3.05) is 17.1 Å². The molecule has 1 aromatic heterocycles. The van der Waals surface area contributed by atoms with Crippen LogP contribution in [0.1, 0.15) is 25.0 Å². The monoisotopic (exact) mass is 442 g/mol. The Morgan fingerprint density at radius 3 is 2.19 bits per heavy atom. The number of hydrogen-bond donors (Lipinski definition) is 3. The summed E-state index contributed by atoms with van der Waals surface area (Å²) in [4.78, 5) is 4.47. The highest BCUT2D eigenvalue weighted by molar-refractivity contribution is 7.90. The Kier molecular flexibility index (Phi) is 6.62. The molecule has 1 heterocycles. The molecule has 31 heavy (non-hydrogen) atoms. The van der Waals surface area contributed by atoms with Crippen molar-refractivity contribution >= 4 is 21.7 Å². The van der Waals surface area contributed by atoms with Crippen LogP contribution in [0.25, 0.3) is 22.3 Å². The number of pyridine rings is 1. The molecule has 0 aliphatic rings. The summed E-state index contributed by atoms with van der Waals surface area (Å²) in [5, 5.41) is 3.27. The summed E-state index contributed by atoms with van der Waals surface area (Å²) in [6.45, 7) is 8.02. The van der Waals surface area contributed by atoms with Crippen LogP contribution >= 0.6 is 0 Å². The lowest BCUT2D eigenvalue weighted by atomic mass is 9.92. The van der Waals surface area contributed by atoms with Gasteiger partial charge in [-0.05, 0) is 80.3 Å². The van der Waals surface area contributed by atoms with Crippen LogP contribution in [0.3, 0.4) is 0 Å². The molecule has 0 saturated heterocycles. The molecule has 0 aliphatic heterocycles. The molecule has 0 aliphatic carbocycles. The van der Waals surface area contributed by atoms with Crippen LogP contribution in [0.4, 0.5) is 15.9 Å². The maximum absolute atomic E-state index is 14.8. The van der Waals surface area contributed by atoms with Gasteiger partial charge in [0.15, 0.2) is 0 Å². The molecule has 0 radical (unpaired) electrons. The Balaban J connectivity index is 1.93. The zero-order valence-electron chi connectivity index (χ0n) is 18.2. The van der Waals surface area contributed by atoms with Crippen molar-refractivity contribution < 1.29 is 12.8 Å². The summed E-state index contributed by atoms with van der Waals surface area (Å²) in [6.07, 6.45) is 1.83. The average Bonchev–Trinajstić information content (AvgIpc) is 2.70. The van der Waals surface area contributed by atoms with Gasteiger partial charge in [0.05, 0.1) is 5.69 Å². The summed E-state index contributed by atoms with van der Waals surface area (Å²) in [5.41, 5.74) is 5.24. The highest BCUT2D eigenvalue weighted by Crippen LogP contribution is 2.34. The number of halogens is 1. The quantitative estimate of drug-likeness (QED) is 0.488. The zero-order chi connectivity index (χ0) is 22.8. The lowest BCUT2D eigenvalue weighted by Crippen LogP contribution is -2.26. The molecule has 0 fully saturated rings. The van der Waals surface area contributed by atoms with E-state index in [4.69, 9.17) is 0 Å². The van der Waals surface area contributed by atoms with Crippen LogP contribution in [0.2, 0.25) is 0 Å². The smallest absolute Gasteiger partial charge is 0.298 e. The molecule has 3 rings (SSSR count). The van der Waals surface area contributed by atoms with Crippen LogP contribution in [0.15, 0.2) is 48.7 Å². The second kappa shape index (κ2) is 9.03. The van der Waals surface area contributed by atoms with Gasteiger partial charge in [-0.25, -0.2) is 14.1 Å². The van der Waals surface area contributed by atoms with Crippen molar-refractivity contribution in [3.8, 4) is 22.3 Å². The van der Waals surface area contributed by atoms with Crippen molar-refractivity contribution in [2.24, 2.45) is 0 Å². The first-order valence-electron chi connectivity index (χ1n) is 9.95. The van der Waals surface area contributed by atoms with Gasteiger partial charge in [0.1, 0.15) is 11.6 Å². The Labute approximate surface area is 183 Å². The fourth-order valence-electron chi connectivity index (χ4n) is 3.35. The first kappa shape index (κ1) is 22.7. The molecule has 3 aromatic rings. The summed E-state index contributed by atoms with van der Waals surface area (Å²) in [7, 11) is -2.42. The van der Waals surface area contributed by atoms with Crippen molar-refractivity contribution in [1.29, 1.82) is 0 Å². The summed E-state index contributed by atoms with van der Waals surface area (Å²) >= 11 is 0. The zero-order valence-corrected chi connectivity index (χ0v) is 19.1. The molecular formula is C23H27FN4O2S. The van der Waals surface area contributed by atoms with Gasteiger partial charge in [0.25, 0.3) is 10.2 Å². The van der Waals surface area contributed by atoms with Crippen LogP contribution in [-0.4, -0.2) is 26.5 Å². The minimum atomic E-state index is -3.70. The molecule has 8 heteroatoms. The Hall–Kier alpha value is -2.97. The first-order chi connectivity index (χ1) is 14.6. The van der Waals surface area contributed by atoms with Gasteiger partial charge in [-0.15, -0.1) is 0 Å². The van der Waals surface area contributed by atoms with Crippen LogP contribution < -0.4 is 14.8 Å². The molecule has 0 saturated carbocycles. The van der Waals surface area contributed by atoms with E-state index in [2.05, 4.69) is 33.6 Å². The topological polar surface area (TPSA) is 83.1 Å². The second-order valence-corrected chi connectivity index (χ2v) is 9.34. The molecular weight excluding hydrogens is 415 g/mol. The van der Waals surface area contributed by atoms with E-state index in [1.807, 2.05) is 44.3 Å². The molecule has 0 bridgehead atoms. The number of nitrogens with one attached hydrogen (secondary N) is 3. The average molecular weight is 443 g/mol. The first-order valence-corrected chi connectivity index (χ1v) is 11.4. The van der Waals surface area contributed by atoms with Crippen LogP contribution in [0, 0.1) is 19.7 Å². The third kappa shape index (κ3) is 5.39. The van der Waals surface area contributed by atoms with Crippen LogP contribution in [0.5, 0.6) is 0 Å². The molecule has 0 spiro atoms. The van der Waals surface area contributed by atoms with Gasteiger partial charge < -0.3 is 5.32 Å². The number of anilines is 2. The molecule has 6 nitrogen and oxygen atoms in total. The molecule has 2 aromatic carbocycles. The third-order valence-electron chi connectivity index (χ3n) is 4.86. The Morgan fingerprint density at radius 2 is 1.61 bits per heavy atom. The van der Waals surface area contributed by atoms with E-state index >= 15 is 0 Å². The lowest BCUT2D eigenvalue weighted by molar-refractivity contribution is 0.593. The predicted molar refractivity (Wildman–Crippen MR) is 125 cm³/mol. The summed E-state index contributed by atoms with van der Waals surface area (Å²) in [5.74, 6) is 0.318. The fourth-order valence-corrected chi connectivity index (χ4v) is 3.89. The van der Waals surface area contributed by atoms with Gasteiger partial charge in [0.2, 0.25) is 0 Å². The fraction of sp³-hybridized carbons (Fsp3) is 0.261. The number of nitrogens with zero attached hydrogens (tertiary/aromatic N) is 1. The largest absolute Gasteiger partial charge is 0.368 e. The van der Waals surface area contributed by atoms with Crippen LogP contribution in [-0.2, 0) is 10.2 Å². The lowest BCUT2D eigenvalue weighted by Gasteiger charge is -2.15. The maximum atomic E-state index is 14.8.